The molecule has 2 rings (SSSR count). The largest absolute Gasteiger partial charge is 0.481 e. The predicted molar refractivity (Wildman–Crippen MR) is 73.1 cm³/mol. The normalized spacial score (nSPS) is 17.3. The van der Waals surface area contributed by atoms with Crippen LogP contribution in [0.4, 0.5) is 5.82 Å². The van der Waals surface area contributed by atoms with Crippen LogP contribution in [0.25, 0.3) is 0 Å². The summed E-state index contributed by atoms with van der Waals surface area (Å²) < 4.78 is 0. The average Bonchev–Trinajstić information content (AvgIpc) is 2.87. The molecule has 0 atom stereocenters. The van der Waals surface area contributed by atoms with Gasteiger partial charge in [-0.25, -0.2) is 9.97 Å². The van der Waals surface area contributed by atoms with Crippen LogP contribution in [0.3, 0.4) is 0 Å². The minimum absolute atomic E-state index is 0.449. The summed E-state index contributed by atoms with van der Waals surface area (Å²) in [7, 11) is 0. The van der Waals surface area contributed by atoms with Gasteiger partial charge in [-0.1, -0.05) is 26.2 Å². The second-order valence-electron chi connectivity index (χ2n) is 5.29. The van der Waals surface area contributed by atoms with Crippen molar-refractivity contribution in [1.29, 1.82) is 0 Å². The second-order valence-corrected chi connectivity index (χ2v) is 5.29. The maximum Gasteiger partial charge on any atom is 0.311 e. The highest BCUT2D eigenvalue weighted by atomic mass is 16.4. The lowest BCUT2D eigenvalue weighted by molar-refractivity contribution is -0.147. The molecule has 5 nitrogen and oxygen atoms in total. The van der Waals surface area contributed by atoms with Crippen LogP contribution in [0.15, 0.2) is 12.4 Å². The van der Waals surface area contributed by atoms with Crippen molar-refractivity contribution >= 4 is 11.8 Å². The molecule has 0 bridgehead atoms. The molecule has 1 aliphatic carbocycles. The van der Waals surface area contributed by atoms with Gasteiger partial charge >= 0.3 is 5.97 Å². The summed E-state index contributed by atoms with van der Waals surface area (Å²) >= 11 is 0. The lowest BCUT2D eigenvalue weighted by atomic mass is 9.86. The molecule has 0 spiro atoms. The van der Waals surface area contributed by atoms with E-state index in [4.69, 9.17) is 0 Å². The summed E-state index contributed by atoms with van der Waals surface area (Å²) in [4.78, 5) is 19.8. The van der Waals surface area contributed by atoms with Gasteiger partial charge in [-0.3, -0.25) is 4.79 Å². The molecule has 0 unspecified atom stereocenters. The van der Waals surface area contributed by atoms with Crippen molar-refractivity contribution in [2.45, 2.75) is 45.4 Å². The Morgan fingerprint density at radius 3 is 2.79 bits per heavy atom. The van der Waals surface area contributed by atoms with Gasteiger partial charge in [-0.2, -0.15) is 0 Å². The monoisotopic (exact) mass is 263 g/mol. The van der Waals surface area contributed by atoms with Gasteiger partial charge in [0.05, 0.1) is 5.41 Å². The molecule has 1 fully saturated rings. The number of carboxylic acids is 1. The molecule has 1 heterocycles. The number of hydrogen-bond acceptors (Lipinski definition) is 4. The molecule has 1 saturated carbocycles. The molecule has 0 saturated heterocycles. The third kappa shape index (κ3) is 3.22. The van der Waals surface area contributed by atoms with Crippen molar-refractivity contribution in [2.24, 2.45) is 5.41 Å². The molecule has 2 N–H and O–H groups in total. The maximum atomic E-state index is 11.4. The van der Waals surface area contributed by atoms with Gasteiger partial charge in [0.1, 0.15) is 12.1 Å². The van der Waals surface area contributed by atoms with Crippen molar-refractivity contribution in [1.82, 2.24) is 9.97 Å². The second kappa shape index (κ2) is 5.99. The van der Waals surface area contributed by atoms with Gasteiger partial charge in [0.2, 0.25) is 0 Å². The van der Waals surface area contributed by atoms with Crippen molar-refractivity contribution < 1.29 is 9.90 Å². The Kier molecular flexibility index (Phi) is 4.35. The lowest BCUT2D eigenvalue weighted by Crippen LogP contribution is -2.35. The van der Waals surface area contributed by atoms with Crippen molar-refractivity contribution in [3.8, 4) is 0 Å². The minimum Gasteiger partial charge on any atom is -0.481 e. The number of aromatic nitrogens is 2. The fraction of sp³-hybridized carbons (Fsp3) is 0.643. The van der Waals surface area contributed by atoms with E-state index in [1.54, 1.807) is 0 Å². The van der Waals surface area contributed by atoms with E-state index in [2.05, 4.69) is 22.2 Å². The van der Waals surface area contributed by atoms with Crippen LogP contribution in [-0.4, -0.2) is 27.6 Å². The Morgan fingerprint density at radius 1 is 1.42 bits per heavy atom. The highest BCUT2D eigenvalue weighted by molar-refractivity contribution is 5.75. The van der Waals surface area contributed by atoms with Crippen LogP contribution in [0, 0.1) is 5.41 Å². The summed E-state index contributed by atoms with van der Waals surface area (Å²) in [5.74, 6) is 0.0336. The Labute approximate surface area is 113 Å². The number of aliphatic carboxylic acids is 1. The first kappa shape index (κ1) is 13.8. The van der Waals surface area contributed by atoms with Gasteiger partial charge < -0.3 is 10.4 Å². The molecule has 1 aromatic rings. The van der Waals surface area contributed by atoms with Gasteiger partial charge in [-0.15, -0.1) is 0 Å². The summed E-state index contributed by atoms with van der Waals surface area (Å²) in [5, 5.41) is 12.6. The molecule has 19 heavy (non-hydrogen) atoms. The Balaban J connectivity index is 2.01. The van der Waals surface area contributed by atoms with Crippen LogP contribution in [0.1, 0.15) is 44.7 Å². The number of carbonyl (C=O) groups is 1. The first-order chi connectivity index (χ1) is 9.16. The van der Waals surface area contributed by atoms with Crippen molar-refractivity contribution in [2.75, 3.05) is 11.9 Å². The minimum atomic E-state index is -0.694. The van der Waals surface area contributed by atoms with Crippen LogP contribution in [0.2, 0.25) is 0 Å². The Morgan fingerprint density at radius 2 is 2.16 bits per heavy atom. The smallest absolute Gasteiger partial charge is 0.311 e. The van der Waals surface area contributed by atoms with E-state index in [0.717, 1.165) is 50.0 Å². The first-order valence-electron chi connectivity index (χ1n) is 6.94. The quantitative estimate of drug-likeness (QED) is 0.824. The number of rotatable bonds is 6. The van der Waals surface area contributed by atoms with Crippen molar-refractivity contribution in [3.63, 3.8) is 0 Å². The van der Waals surface area contributed by atoms with E-state index in [0.29, 0.717) is 6.54 Å². The van der Waals surface area contributed by atoms with E-state index < -0.39 is 11.4 Å². The molecule has 5 heteroatoms. The molecule has 1 aliphatic rings. The number of anilines is 1. The highest BCUT2D eigenvalue weighted by Gasteiger charge is 2.41. The molecule has 0 aliphatic heterocycles. The molecule has 0 aromatic carbocycles. The number of carboxylic acid groups (broad SMARTS) is 1. The van der Waals surface area contributed by atoms with Crippen LogP contribution >= 0.6 is 0 Å². The highest BCUT2D eigenvalue weighted by Crippen LogP contribution is 2.38. The van der Waals surface area contributed by atoms with E-state index in [1.807, 2.05) is 6.07 Å². The molecular weight excluding hydrogens is 242 g/mol. The molecule has 104 valence electrons. The topological polar surface area (TPSA) is 75.1 Å². The molecule has 1 aromatic heterocycles. The van der Waals surface area contributed by atoms with E-state index in [9.17, 15) is 9.90 Å². The summed E-state index contributed by atoms with van der Waals surface area (Å²) in [5.41, 5.74) is 0.381. The van der Waals surface area contributed by atoms with Gasteiger partial charge in [0.25, 0.3) is 0 Å². The zero-order valence-corrected chi connectivity index (χ0v) is 11.4. The maximum absolute atomic E-state index is 11.4. The SMILES string of the molecule is CCCc1cc(NCC2(C(=O)O)CCCC2)ncn1. The number of aryl methyl sites for hydroxylation is 1. The number of nitrogens with one attached hydrogen (secondary N) is 1. The van der Waals surface area contributed by atoms with E-state index in [-0.39, 0.29) is 0 Å². The lowest BCUT2D eigenvalue weighted by Gasteiger charge is -2.24. The van der Waals surface area contributed by atoms with Crippen LogP contribution in [-0.2, 0) is 11.2 Å². The van der Waals surface area contributed by atoms with Crippen molar-refractivity contribution in [3.05, 3.63) is 18.1 Å². The Bertz CT molecular complexity index is 442. The zero-order valence-electron chi connectivity index (χ0n) is 11.4. The zero-order chi connectivity index (χ0) is 13.7. The number of nitrogens with zero attached hydrogens (tertiary/aromatic N) is 2. The molecular formula is C14H21N3O2. The molecule has 0 radical (unpaired) electrons. The van der Waals surface area contributed by atoms with E-state index >= 15 is 0 Å². The first-order valence-corrected chi connectivity index (χ1v) is 6.94. The average molecular weight is 263 g/mol. The third-order valence-electron chi connectivity index (χ3n) is 3.85. The number of hydrogen-bond donors (Lipinski definition) is 2. The Hall–Kier alpha value is -1.65. The van der Waals surface area contributed by atoms with Gasteiger partial charge in [-0.05, 0) is 19.3 Å². The van der Waals surface area contributed by atoms with Crippen LogP contribution in [0.5, 0.6) is 0 Å². The van der Waals surface area contributed by atoms with Gasteiger partial charge in [0, 0.05) is 18.3 Å². The molecule has 0 amide bonds. The fourth-order valence-electron chi connectivity index (χ4n) is 2.66. The summed E-state index contributed by atoms with van der Waals surface area (Å²) in [6.45, 7) is 2.55. The standard InChI is InChI=1S/C14H21N3O2/c1-2-5-11-8-12(17-10-16-11)15-9-14(13(18)19)6-3-4-7-14/h8,10H,2-7,9H2,1H3,(H,18,19)(H,15,16,17). The third-order valence-corrected chi connectivity index (χ3v) is 3.85. The van der Waals surface area contributed by atoms with Crippen LogP contribution < -0.4 is 5.32 Å². The fourth-order valence-corrected chi connectivity index (χ4v) is 2.66. The summed E-state index contributed by atoms with van der Waals surface area (Å²) in [6, 6.07) is 1.91. The van der Waals surface area contributed by atoms with E-state index in [1.165, 1.54) is 6.33 Å². The van der Waals surface area contributed by atoms with Gasteiger partial charge in [0.15, 0.2) is 0 Å². The predicted octanol–water partition coefficient (Wildman–Crippen LogP) is 2.49. The summed E-state index contributed by atoms with van der Waals surface area (Å²) in [6.07, 6.45) is 6.99.